The summed E-state index contributed by atoms with van der Waals surface area (Å²) in [6, 6.07) is 5.70. The Balaban J connectivity index is 1.95. The van der Waals surface area contributed by atoms with Crippen molar-refractivity contribution in [2.75, 3.05) is 65.6 Å². The molecule has 0 atom stereocenters. The van der Waals surface area contributed by atoms with Crippen LogP contribution >= 0.6 is 0 Å². The Morgan fingerprint density at radius 1 is 1.13 bits per heavy atom. The van der Waals surface area contributed by atoms with Gasteiger partial charge in [-0.05, 0) is 12.1 Å². The number of anilines is 1. The second-order valence-corrected chi connectivity index (χ2v) is 5.24. The van der Waals surface area contributed by atoms with Gasteiger partial charge in [-0.25, -0.2) is 4.79 Å². The van der Waals surface area contributed by atoms with Crippen LogP contribution in [0.25, 0.3) is 0 Å². The van der Waals surface area contributed by atoms with Crippen LogP contribution in [-0.2, 0) is 4.74 Å². The molecule has 0 aliphatic carbocycles. The summed E-state index contributed by atoms with van der Waals surface area (Å²) in [6.07, 6.45) is 0. The molecule has 1 aliphatic rings. The highest BCUT2D eigenvalue weighted by Crippen LogP contribution is 2.32. The fourth-order valence-electron chi connectivity index (χ4n) is 2.57. The SMILES string of the molecule is COCCNC(=O)N1CCN(c2cc(OC)ccc2OC)CC1. The van der Waals surface area contributed by atoms with E-state index in [0.29, 0.717) is 26.2 Å². The van der Waals surface area contributed by atoms with Crippen molar-refractivity contribution in [1.82, 2.24) is 10.2 Å². The first-order valence-corrected chi connectivity index (χ1v) is 7.68. The van der Waals surface area contributed by atoms with Gasteiger partial charge in [0.05, 0.1) is 26.5 Å². The van der Waals surface area contributed by atoms with Crippen LogP contribution in [0.15, 0.2) is 18.2 Å². The number of urea groups is 1. The van der Waals surface area contributed by atoms with Crippen LogP contribution in [0.5, 0.6) is 11.5 Å². The molecule has 1 aromatic carbocycles. The minimum absolute atomic E-state index is 0.0423. The van der Waals surface area contributed by atoms with Gasteiger partial charge in [0.25, 0.3) is 0 Å². The van der Waals surface area contributed by atoms with Gasteiger partial charge in [-0.2, -0.15) is 0 Å². The first-order valence-electron chi connectivity index (χ1n) is 7.68. The van der Waals surface area contributed by atoms with Crippen molar-refractivity contribution in [2.24, 2.45) is 0 Å². The quantitative estimate of drug-likeness (QED) is 0.797. The molecule has 0 bridgehead atoms. The molecule has 128 valence electrons. The molecule has 1 fully saturated rings. The second kappa shape index (κ2) is 8.47. The standard InChI is InChI=1S/C16H25N3O4/c1-21-11-6-17-16(20)19-9-7-18(8-10-19)14-12-13(22-2)4-5-15(14)23-3/h4-5,12H,6-11H2,1-3H3,(H,17,20). The summed E-state index contributed by atoms with van der Waals surface area (Å²) in [5.41, 5.74) is 0.992. The highest BCUT2D eigenvalue weighted by atomic mass is 16.5. The molecule has 0 aromatic heterocycles. The van der Waals surface area contributed by atoms with Crippen LogP contribution in [0, 0.1) is 0 Å². The third kappa shape index (κ3) is 4.41. The first-order chi connectivity index (χ1) is 11.2. The zero-order valence-corrected chi connectivity index (χ0v) is 14.0. The fraction of sp³-hybridized carbons (Fsp3) is 0.562. The molecule has 0 spiro atoms. The van der Waals surface area contributed by atoms with Crippen molar-refractivity contribution in [1.29, 1.82) is 0 Å². The predicted molar refractivity (Wildman–Crippen MR) is 88.6 cm³/mol. The molecule has 23 heavy (non-hydrogen) atoms. The normalized spacial score (nSPS) is 14.6. The molecule has 1 aromatic rings. The lowest BCUT2D eigenvalue weighted by atomic mass is 10.2. The number of nitrogens with one attached hydrogen (secondary N) is 1. The van der Waals surface area contributed by atoms with Crippen LogP contribution < -0.4 is 19.7 Å². The predicted octanol–water partition coefficient (Wildman–Crippen LogP) is 1.18. The van der Waals surface area contributed by atoms with Crippen LogP contribution in [0.1, 0.15) is 0 Å². The Morgan fingerprint density at radius 2 is 1.87 bits per heavy atom. The minimum atomic E-state index is -0.0423. The number of carbonyl (C=O) groups is 1. The largest absolute Gasteiger partial charge is 0.497 e. The van der Waals surface area contributed by atoms with E-state index >= 15 is 0 Å². The summed E-state index contributed by atoms with van der Waals surface area (Å²) < 4.78 is 15.7. The van der Waals surface area contributed by atoms with Crippen molar-refractivity contribution in [3.63, 3.8) is 0 Å². The van der Waals surface area contributed by atoms with E-state index in [2.05, 4.69) is 10.2 Å². The van der Waals surface area contributed by atoms with Gasteiger partial charge >= 0.3 is 6.03 Å². The Hall–Kier alpha value is -2.15. The van der Waals surface area contributed by atoms with Crippen molar-refractivity contribution in [3.05, 3.63) is 18.2 Å². The minimum Gasteiger partial charge on any atom is -0.497 e. The molecular weight excluding hydrogens is 298 g/mol. The molecule has 1 saturated heterocycles. The number of methoxy groups -OCH3 is 3. The summed E-state index contributed by atoms with van der Waals surface area (Å²) in [4.78, 5) is 16.1. The van der Waals surface area contributed by atoms with Gasteiger partial charge in [0.2, 0.25) is 0 Å². The molecule has 7 nitrogen and oxygen atoms in total. The van der Waals surface area contributed by atoms with E-state index in [4.69, 9.17) is 14.2 Å². The second-order valence-electron chi connectivity index (χ2n) is 5.24. The monoisotopic (exact) mass is 323 g/mol. The number of piperazine rings is 1. The van der Waals surface area contributed by atoms with E-state index < -0.39 is 0 Å². The summed E-state index contributed by atoms with van der Waals surface area (Å²) in [5.74, 6) is 1.60. The lowest BCUT2D eigenvalue weighted by Crippen LogP contribution is -2.52. The number of hydrogen-bond acceptors (Lipinski definition) is 5. The fourth-order valence-corrected chi connectivity index (χ4v) is 2.57. The van der Waals surface area contributed by atoms with Gasteiger partial charge in [0.1, 0.15) is 11.5 Å². The lowest BCUT2D eigenvalue weighted by Gasteiger charge is -2.36. The van der Waals surface area contributed by atoms with E-state index in [9.17, 15) is 4.79 Å². The highest BCUT2D eigenvalue weighted by Gasteiger charge is 2.23. The first kappa shape index (κ1) is 17.2. The third-order valence-corrected chi connectivity index (χ3v) is 3.88. The van der Waals surface area contributed by atoms with E-state index in [-0.39, 0.29) is 6.03 Å². The van der Waals surface area contributed by atoms with Crippen molar-refractivity contribution >= 4 is 11.7 Å². The Bertz CT molecular complexity index is 516. The topological polar surface area (TPSA) is 63.3 Å². The molecule has 7 heteroatoms. The van der Waals surface area contributed by atoms with Crippen molar-refractivity contribution in [2.45, 2.75) is 0 Å². The third-order valence-electron chi connectivity index (χ3n) is 3.88. The summed E-state index contributed by atoms with van der Waals surface area (Å²) in [6.45, 7) is 3.88. The van der Waals surface area contributed by atoms with E-state index in [1.165, 1.54) is 0 Å². The zero-order valence-electron chi connectivity index (χ0n) is 14.0. The summed E-state index contributed by atoms with van der Waals surface area (Å²) >= 11 is 0. The summed E-state index contributed by atoms with van der Waals surface area (Å²) in [5, 5.41) is 2.85. The molecule has 0 radical (unpaired) electrons. The zero-order chi connectivity index (χ0) is 16.7. The lowest BCUT2D eigenvalue weighted by molar-refractivity contribution is 0.177. The number of ether oxygens (including phenoxy) is 3. The molecule has 0 saturated carbocycles. The van der Waals surface area contributed by atoms with Crippen molar-refractivity contribution < 1.29 is 19.0 Å². The number of benzene rings is 1. The van der Waals surface area contributed by atoms with Crippen LogP contribution in [0.4, 0.5) is 10.5 Å². The van der Waals surface area contributed by atoms with Crippen LogP contribution in [0.3, 0.4) is 0 Å². The van der Waals surface area contributed by atoms with Crippen LogP contribution in [-0.4, -0.2) is 71.6 Å². The maximum absolute atomic E-state index is 12.0. The van der Waals surface area contributed by atoms with Gasteiger partial charge in [0.15, 0.2) is 0 Å². The maximum Gasteiger partial charge on any atom is 0.317 e. The van der Waals surface area contributed by atoms with Gasteiger partial charge in [0, 0.05) is 45.9 Å². The molecule has 1 aliphatic heterocycles. The Kier molecular flexibility index (Phi) is 6.34. The van der Waals surface area contributed by atoms with Gasteiger partial charge in [-0.1, -0.05) is 0 Å². The van der Waals surface area contributed by atoms with Crippen LogP contribution in [0.2, 0.25) is 0 Å². The Morgan fingerprint density at radius 3 is 2.48 bits per heavy atom. The number of hydrogen-bond donors (Lipinski definition) is 1. The van der Waals surface area contributed by atoms with Gasteiger partial charge in [-0.3, -0.25) is 0 Å². The molecule has 1 heterocycles. The number of amides is 2. The van der Waals surface area contributed by atoms with E-state index in [1.807, 2.05) is 23.1 Å². The number of nitrogens with zero attached hydrogens (tertiary/aromatic N) is 2. The van der Waals surface area contributed by atoms with Crippen molar-refractivity contribution in [3.8, 4) is 11.5 Å². The molecular formula is C16H25N3O4. The highest BCUT2D eigenvalue weighted by molar-refractivity contribution is 5.74. The molecule has 2 rings (SSSR count). The smallest absolute Gasteiger partial charge is 0.317 e. The van der Waals surface area contributed by atoms with Gasteiger partial charge < -0.3 is 29.3 Å². The summed E-state index contributed by atoms with van der Waals surface area (Å²) in [7, 11) is 4.92. The molecule has 1 N–H and O–H groups in total. The Labute approximate surface area is 137 Å². The average Bonchev–Trinajstić information content (AvgIpc) is 2.61. The average molecular weight is 323 g/mol. The van der Waals surface area contributed by atoms with E-state index in [1.54, 1.807) is 21.3 Å². The molecule has 2 amide bonds. The molecule has 0 unspecified atom stereocenters. The number of rotatable bonds is 6. The number of carbonyl (C=O) groups excluding carboxylic acids is 1. The van der Waals surface area contributed by atoms with E-state index in [0.717, 1.165) is 30.3 Å². The van der Waals surface area contributed by atoms with Gasteiger partial charge in [-0.15, -0.1) is 0 Å². The maximum atomic E-state index is 12.0.